The minimum atomic E-state index is 0.756. The summed E-state index contributed by atoms with van der Waals surface area (Å²) in [7, 11) is 0. The van der Waals surface area contributed by atoms with Gasteiger partial charge in [-0.25, -0.2) is 15.0 Å². The lowest BCUT2D eigenvalue weighted by Gasteiger charge is -2.13. The summed E-state index contributed by atoms with van der Waals surface area (Å²) >= 11 is 4.50. The molecule has 0 atom stereocenters. The average Bonchev–Trinajstić information content (AvgIpc) is 2.65. The smallest absolute Gasteiger partial charge is 0.147 e. The summed E-state index contributed by atoms with van der Waals surface area (Å²) in [5.74, 6) is 2.53. The first kappa shape index (κ1) is 14.0. The molecule has 0 aromatic carbocycles. The zero-order valence-corrected chi connectivity index (χ0v) is 14.6. The van der Waals surface area contributed by atoms with Crippen LogP contribution in [-0.2, 0) is 0 Å². The lowest BCUT2D eigenvalue weighted by molar-refractivity contribution is 0.902. The van der Waals surface area contributed by atoms with Crippen LogP contribution in [0.15, 0.2) is 6.33 Å². The predicted octanol–water partition coefficient (Wildman–Crippen LogP) is 2.92. The average molecular weight is 469 g/mol. The van der Waals surface area contributed by atoms with Gasteiger partial charge in [0.05, 0.1) is 0 Å². The number of halogens is 2. The number of aromatic nitrogens is 4. The van der Waals surface area contributed by atoms with Crippen LogP contribution in [0, 0.1) is 21.2 Å². The Hall–Kier alpha value is -0.450. The van der Waals surface area contributed by atoms with E-state index in [9.17, 15) is 0 Å². The van der Waals surface area contributed by atoms with Gasteiger partial charge in [-0.15, -0.1) is 0 Å². The molecule has 7 heteroatoms. The number of aryl methyl sites for hydroxylation is 1. The summed E-state index contributed by atoms with van der Waals surface area (Å²) in [6, 6.07) is 0. The van der Waals surface area contributed by atoms with Gasteiger partial charge in [-0.2, -0.15) is 0 Å². The van der Waals surface area contributed by atoms with Crippen molar-refractivity contribution in [3.8, 4) is 5.82 Å². The standard InChI is InChI=1S/C11H13I2N5/c1-4-14-10-6(2)11(17-7(3)16-10)18-5-15-8(12)9(18)13/h5H,4H2,1-3H3,(H,14,16,17). The fourth-order valence-electron chi connectivity index (χ4n) is 1.65. The predicted molar refractivity (Wildman–Crippen MR) is 88.2 cm³/mol. The van der Waals surface area contributed by atoms with E-state index < -0.39 is 0 Å². The molecule has 96 valence electrons. The summed E-state index contributed by atoms with van der Waals surface area (Å²) in [5, 5.41) is 3.26. The van der Waals surface area contributed by atoms with Gasteiger partial charge in [0, 0.05) is 12.1 Å². The molecule has 5 nitrogen and oxygen atoms in total. The third-order valence-corrected chi connectivity index (χ3v) is 5.32. The lowest BCUT2D eigenvalue weighted by Crippen LogP contribution is -2.10. The molecular weight excluding hydrogens is 456 g/mol. The maximum Gasteiger partial charge on any atom is 0.147 e. The highest BCUT2D eigenvalue weighted by Gasteiger charge is 2.14. The second-order valence-electron chi connectivity index (χ2n) is 3.79. The minimum Gasteiger partial charge on any atom is -0.370 e. The Morgan fingerprint density at radius 2 is 2.00 bits per heavy atom. The number of imidazole rings is 1. The molecule has 0 bridgehead atoms. The van der Waals surface area contributed by atoms with Crippen LogP contribution in [0.1, 0.15) is 18.3 Å². The van der Waals surface area contributed by atoms with Crippen molar-refractivity contribution in [2.75, 3.05) is 11.9 Å². The fourth-order valence-corrected chi connectivity index (χ4v) is 2.52. The number of anilines is 1. The highest BCUT2D eigenvalue weighted by atomic mass is 127. The molecule has 0 fully saturated rings. The molecule has 0 radical (unpaired) electrons. The maximum atomic E-state index is 4.52. The van der Waals surface area contributed by atoms with Gasteiger partial charge in [0.2, 0.25) is 0 Å². The zero-order chi connectivity index (χ0) is 13.3. The van der Waals surface area contributed by atoms with E-state index >= 15 is 0 Å². The molecule has 2 aromatic heterocycles. The fraction of sp³-hybridized carbons (Fsp3) is 0.364. The summed E-state index contributed by atoms with van der Waals surface area (Å²) in [5.41, 5.74) is 1.04. The first-order chi connectivity index (χ1) is 8.54. The maximum absolute atomic E-state index is 4.52. The van der Waals surface area contributed by atoms with Gasteiger partial charge in [-0.3, -0.25) is 4.57 Å². The number of nitrogens with one attached hydrogen (secondary N) is 1. The molecule has 2 aromatic rings. The Morgan fingerprint density at radius 3 is 2.56 bits per heavy atom. The van der Waals surface area contributed by atoms with E-state index in [-0.39, 0.29) is 0 Å². The van der Waals surface area contributed by atoms with Gasteiger partial charge in [-0.05, 0) is 66.0 Å². The van der Waals surface area contributed by atoms with Crippen molar-refractivity contribution in [2.24, 2.45) is 0 Å². The largest absolute Gasteiger partial charge is 0.370 e. The molecular formula is C11H13I2N5. The van der Waals surface area contributed by atoms with Gasteiger partial charge >= 0.3 is 0 Å². The van der Waals surface area contributed by atoms with E-state index in [1.165, 1.54) is 0 Å². The Kier molecular flexibility index (Phi) is 4.41. The Balaban J connectivity index is 2.60. The molecule has 0 spiro atoms. The summed E-state index contributed by atoms with van der Waals surface area (Å²) in [4.78, 5) is 13.2. The van der Waals surface area contributed by atoms with E-state index in [1.807, 2.05) is 18.4 Å². The zero-order valence-electron chi connectivity index (χ0n) is 10.3. The van der Waals surface area contributed by atoms with Crippen molar-refractivity contribution in [1.82, 2.24) is 19.5 Å². The first-order valence-corrected chi connectivity index (χ1v) is 7.68. The molecule has 0 unspecified atom stereocenters. The van der Waals surface area contributed by atoms with Gasteiger partial charge in [0.1, 0.15) is 31.2 Å². The molecule has 0 amide bonds. The molecule has 0 saturated carbocycles. The topological polar surface area (TPSA) is 55.6 Å². The van der Waals surface area contributed by atoms with Gasteiger partial charge in [0.25, 0.3) is 0 Å². The van der Waals surface area contributed by atoms with Crippen LogP contribution in [0.5, 0.6) is 0 Å². The molecule has 0 saturated heterocycles. The summed E-state index contributed by atoms with van der Waals surface area (Å²) < 4.78 is 4.04. The normalized spacial score (nSPS) is 10.7. The number of rotatable bonds is 3. The van der Waals surface area contributed by atoms with Crippen molar-refractivity contribution < 1.29 is 0 Å². The molecule has 0 aliphatic heterocycles. The quantitative estimate of drug-likeness (QED) is 0.704. The van der Waals surface area contributed by atoms with Crippen molar-refractivity contribution in [2.45, 2.75) is 20.8 Å². The monoisotopic (exact) mass is 469 g/mol. The van der Waals surface area contributed by atoms with Crippen LogP contribution in [0.4, 0.5) is 5.82 Å². The summed E-state index contributed by atoms with van der Waals surface area (Å²) in [6.07, 6.45) is 1.80. The third kappa shape index (κ3) is 2.60. The Morgan fingerprint density at radius 1 is 1.28 bits per heavy atom. The molecule has 18 heavy (non-hydrogen) atoms. The lowest BCUT2D eigenvalue weighted by atomic mass is 10.3. The molecule has 2 heterocycles. The Bertz CT molecular complexity index is 579. The molecule has 0 aliphatic rings. The van der Waals surface area contributed by atoms with Crippen molar-refractivity contribution in [3.05, 3.63) is 25.1 Å². The van der Waals surface area contributed by atoms with Crippen LogP contribution in [0.3, 0.4) is 0 Å². The third-order valence-electron chi connectivity index (χ3n) is 2.47. The first-order valence-electron chi connectivity index (χ1n) is 5.52. The molecule has 0 aliphatic carbocycles. The van der Waals surface area contributed by atoms with Crippen LogP contribution in [0.2, 0.25) is 0 Å². The number of hydrogen-bond donors (Lipinski definition) is 1. The van der Waals surface area contributed by atoms with Crippen LogP contribution in [0.25, 0.3) is 5.82 Å². The molecule has 1 N–H and O–H groups in total. The minimum absolute atomic E-state index is 0.756. The summed E-state index contributed by atoms with van der Waals surface area (Å²) in [6.45, 7) is 6.82. The van der Waals surface area contributed by atoms with E-state index in [0.717, 1.165) is 37.0 Å². The number of hydrogen-bond acceptors (Lipinski definition) is 4. The van der Waals surface area contributed by atoms with Crippen molar-refractivity contribution in [1.29, 1.82) is 0 Å². The van der Waals surface area contributed by atoms with E-state index in [2.05, 4.69) is 72.4 Å². The van der Waals surface area contributed by atoms with Gasteiger partial charge in [-0.1, -0.05) is 0 Å². The Labute approximate surface area is 133 Å². The van der Waals surface area contributed by atoms with E-state index in [1.54, 1.807) is 6.33 Å². The van der Waals surface area contributed by atoms with Crippen LogP contribution < -0.4 is 5.32 Å². The SMILES string of the molecule is CCNc1nc(C)nc(-n2cnc(I)c2I)c1C. The van der Waals surface area contributed by atoms with Crippen LogP contribution in [-0.4, -0.2) is 26.1 Å². The van der Waals surface area contributed by atoms with Crippen molar-refractivity contribution in [3.63, 3.8) is 0 Å². The number of nitrogens with zero attached hydrogens (tertiary/aromatic N) is 4. The van der Waals surface area contributed by atoms with Gasteiger partial charge in [0.15, 0.2) is 0 Å². The van der Waals surface area contributed by atoms with Gasteiger partial charge < -0.3 is 5.32 Å². The van der Waals surface area contributed by atoms with E-state index in [0.29, 0.717) is 0 Å². The van der Waals surface area contributed by atoms with Crippen molar-refractivity contribution >= 4 is 51.0 Å². The highest BCUT2D eigenvalue weighted by molar-refractivity contribution is 14.1. The highest BCUT2D eigenvalue weighted by Crippen LogP contribution is 2.23. The second-order valence-corrected chi connectivity index (χ2v) is 5.84. The van der Waals surface area contributed by atoms with E-state index in [4.69, 9.17) is 0 Å². The second kappa shape index (κ2) is 5.68. The van der Waals surface area contributed by atoms with Crippen LogP contribution >= 0.6 is 45.2 Å². The molecule has 2 rings (SSSR count).